The van der Waals surface area contributed by atoms with Crippen LogP contribution in [0.5, 0.6) is 5.75 Å². The Kier molecular flexibility index (Phi) is 9.61. The molecule has 0 aromatic heterocycles. The molecule has 0 radical (unpaired) electrons. The van der Waals surface area contributed by atoms with Gasteiger partial charge in [-0.25, -0.2) is 0 Å². The summed E-state index contributed by atoms with van der Waals surface area (Å²) in [4.78, 5) is 0. The molecule has 0 fully saturated rings. The zero-order chi connectivity index (χ0) is 21.4. The molecular formula is C26H37OTi. The van der Waals surface area contributed by atoms with Crippen LogP contribution in [0.2, 0.25) is 0 Å². The van der Waals surface area contributed by atoms with E-state index in [1.54, 1.807) is 14.0 Å². The Hall–Kier alpha value is -1.44. The van der Waals surface area contributed by atoms with Crippen molar-refractivity contribution >= 4 is 3.81 Å². The van der Waals surface area contributed by atoms with Crippen molar-refractivity contribution in [3.8, 4) is 5.75 Å². The van der Waals surface area contributed by atoms with E-state index in [9.17, 15) is 0 Å². The first-order chi connectivity index (χ1) is 12.9. The third kappa shape index (κ3) is 9.17. The summed E-state index contributed by atoms with van der Waals surface area (Å²) in [5.41, 5.74) is 2.54. The Balaban J connectivity index is 0.000000362. The van der Waals surface area contributed by atoms with Crippen LogP contribution in [0.1, 0.15) is 67.4 Å². The Labute approximate surface area is 181 Å². The summed E-state index contributed by atoms with van der Waals surface area (Å²) in [5, 5.41) is 0. The summed E-state index contributed by atoms with van der Waals surface area (Å²) in [5.74, 6) is 0.871. The molecule has 0 spiro atoms. The number of ether oxygens (including phenoxy) is 1. The van der Waals surface area contributed by atoms with Gasteiger partial charge in [-0.2, -0.15) is 0 Å². The quantitative estimate of drug-likeness (QED) is 0.280. The summed E-state index contributed by atoms with van der Waals surface area (Å²) < 4.78 is 9.09. The van der Waals surface area contributed by atoms with Gasteiger partial charge in [0.25, 0.3) is 0 Å². The second-order valence-electron chi connectivity index (χ2n) is 9.37. The van der Waals surface area contributed by atoms with Gasteiger partial charge in [0.05, 0.1) is 6.26 Å². The van der Waals surface area contributed by atoms with Gasteiger partial charge in [-0.3, -0.25) is 0 Å². The van der Waals surface area contributed by atoms with Gasteiger partial charge in [0, 0.05) is 0 Å². The molecule has 0 saturated carbocycles. The van der Waals surface area contributed by atoms with Crippen molar-refractivity contribution in [2.45, 2.75) is 67.2 Å². The monoisotopic (exact) mass is 413 g/mol. The summed E-state index contributed by atoms with van der Waals surface area (Å²) in [6, 6.07) is 8.25. The molecule has 1 aliphatic rings. The Bertz CT molecular complexity index is 773. The van der Waals surface area contributed by atoms with Crippen LogP contribution >= 0.6 is 0 Å². The molecule has 0 unspecified atom stereocenters. The molecule has 151 valence electrons. The standard InChI is InChI=1S/C18H26O.C5H5.C3H6.Ti/c1-8-14(17(2,3)4)13-19-16-11-9-10-15(12-16)18(5,6)7;1-2-4-5-3-1;1-3-2;/h8-13H,1H2,2-7H3;1-3H,4H2;1-2H3;. The van der Waals surface area contributed by atoms with Crippen molar-refractivity contribution in [2.24, 2.45) is 5.41 Å². The van der Waals surface area contributed by atoms with Gasteiger partial charge in [-0.15, -0.1) is 0 Å². The van der Waals surface area contributed by atoms with E-state index in [2.05, 4.69) is 92.3 Å². The molecular weight excluding hydrogens is 376 g/mol. The molecule has 0 saturated heterocycles. The molecule has 28 heavy (non-hydrogen) atoms. The second-order valence-corrected chi connectivity index (χ2v) is 12.3. The molecule has 1 aromatic carbocycles. The van der Waals surface area contributed by atoms with E-state index in [1.165, 1.54) is 12.0 Å². The van der Waals surface area contributed by atoms with Crippen molar-refractivity contribution in [1.29, 1.82) is 0 Å². The van der Waals surface area contributed by atoms with Crippen molar-refractivity contribution in [3.05, 3.63) is 76.4 Å². The summed E-state index contributed by atoms with van der Waals surface area (Å²) in [7, 11) is 0. The molecule has 0 bridgehead atoms. The molecule has 0 N–H and O–H groups in total. The zero-order valence-electron chi connectivity index (χ0n) is 19.0. The number of rotatable bonds is 4. The van der Waals surface area contributed by atoms with Crippen molar-refractivity contribution in [3.63, 3.8) is 0 Å². The van der Waals surface area contributed by atoms with E-state index < -0.39 is 0 Å². The van der Waals surface area contributed by atoms with E-state index in [-0.39, 0.29) is 29.5 Å². The van der Waals surface area contributed by atoms with E-state index in [0.29, 0.717) is 0 Å². The number of benzene rings is 1. The molecule has 1 aliphatic carbocycles. The van der Waals surface area contributed by atoms with E-state index in [4.69, 9.17) is 4.74 Å². The Morgan fingerprint density at radius 3 is 2.25 bits per heavy atom. The van der Waals surface area contributed by atoms with Crippen LogP contribution in [0.25, 0.3) is 0 Å². The van der Waals surface area contributed by atoms with Gasteiger partial charge >= 0.3 is 64.9 Å². The minimum atomic E-state index is 0.0450. The molecule has 0 heterocycles. The van der Waals surface area contributed by atoms with E-state index >= 15 is 0 Å². The van der Waals surface area contributed by atoms with Crippen LogP contribution in [0.4, 0.5) is 0 Å². The van der Waals surface area contributed by atoms with Crippen LogP contribution in [0, 0.1) is 5.41 Å². The number of hydrogen-bond donors (Lipinski definition) is 0. The van der Waals surface area contributed by atoms with Crippen molar-refractivity contribution in [1.82, 2.24) is 0 Å². The first kappa shape index (κ1) is 24.6. The predicted molar refractivity (Wildman–Crippen MR) is 122 cm³/mol. The summed E-state index contributed by atoms with van der Waals surface area (Å²) in [6.07, 6.45) is 11.6. The van der Waals surface area contributed by atoms with Gasteiger partial charge in [0.2, 0.25) is 0 Å². The average Bonchev–Trinajstić information content (AvgIpc) is 3.06. The third-order valence-corrected chi connectivity index (χ3v) is 6.15. The first-order valence-electron chi connectivity index (χ1n) is 9.96. The number of allylic oxidation sites excluding steroid dienone is 6. The van der Waals surface area contributed by atoms with E-state index in [0.717, 1.165) is 11.3 Å². The minimum absolute atomic E-state index is 0.0450. The normalized spacial score (nSPS) is 13.9. The van der Waals surface area contributed by atoms with Crippen LogP contribution < -0.4 is 4.74 Å². The Morgan fingerprint density at radius 1 is 1.11 bits per heavy atom. The van der Waals surface area contributed by atoms with Crippen LogP contribution in [0.3, 0.4) is 0 Å². The van der Waals surface area contributed by atoms with Gasteiger partial charge in [-0.05, 0) is 34.1 Å². The third-order valence-electron chi connectivity index (χ3n) is 4.29. The van der Waals surface area contributed by atoms with Gasteiger partial charge in [0.15, 0.2) is 0 Å². The van der Waals surface area contributed by atoms with E-state index in [1.807, 2.05) is 18.2 Å². The van der Waals surface area contributed by atoms with Crippen LogP contribution in [-0.4, -0.2) is 3.81 Å². The van der Waals surface area contributed by atoms with Gasteiger partial charge < -0.3 is 4.74 Å². The summed E-state index contributed by atoms with van der Waals surface area (Å²) in [6.45, 7) is 21.4. The second kappa shape index (κ2) is 10.9. The molecule has 2 heteroatoms. The average molecular weight is 413 g/mol. The van der Waals surface area contributed by atoms with Crippen LogP contribution in [-0.2, 0) is 24.1 Å². The predicted octanol–water partition coefficient (Wildman–Crippen LogP) is 7.60. The first-order valence-corrected chi connectivity index (χ1v) is 11.5. The topological polar surface area (TPSA) is 9.23 Å². The van der Waals surface area contributed by atoms with Gasteiger partial charge in [-0.1, -0.05) is 66.3 Å². The molecule has 0 atom stereocenters. The molecule has 1 aromatic rings. The maximum atomic E-state index is 5.79. The van der Waals surface area contributed by atoms with Gasteiger partial charge in [0.1, 0.15) is 5.75 Å². The fourth-order valence-electron chi connectivity index (χ4n) is 2.56. The summed E-state index contributed by atoms with van der Waals surface area (Å²) >= 11 is 0.153. The zero-order valence-corrected chi connectivity index (χ0v) is 20.6. The van der Waals surface area contributed by atoms with Crippen molar-refractivity contribution < 1.29 is 23.4 Å². The molecule has 1 nitrogen and oxygen atoms in total. The molecule has 0 amide bonds. The van der Waals surface area contributed by atoms with Crippen LogP contribution in [0.15, 0.2) is 70.9 Å². The van der Waals surface area contributed by atoms with Crippen molar-refractivity contribution in [2.75, 3.05) is 0 Å². The molecule has 2 rings (SSSR count). The Morgan fingerprint density at radius 2 is 1.79 bits per heavy atom. The fourth-order valence-corrected chi connectivity index (χ4v) is 4.19. The molecule has 0 aliphatic heterocycles. The SMILES string of the molecule is C=CC(=COc1cccc(C(C)(C)C)c1)C(C)(C)C.C[C](C)=[Ti][C]1=CC=CC1. The number of hydrogen-bond acceptors (Lipinski definition) is 1. The fraction of sp³-hybridized carbons (Fsp3) is 0.423. The maximum absolute atomic E-state index is 5.79.